The van der Waals surface area contributed by atoms with Crippen molar-refractivity contribution in [3.63, 3.8) is 0 Å². The number of benzene rings is 2. The Labute approximate surface area is 199 Å². The topological polar surface area (TPSA) is 74.5 Å². The zero-order valence-corrected chi connectivity index (χ0v) is 19.1. The van der Waals surface area contributed by atoms with E-state index < -0.39 is 18.1 Å². The second-order valence-corrected chi connectivity index (χ2v) is 8.47. The van der Waals surface area contributed by atoms with Crippen molar-refractivity contribution in [1.82, 2.24) is 15.5 Å². The SMILES string of the molecule is CN(Cc1ccc(-c2nnc(C(F)F)o2)cc1F)c1ccc(Cl)cc1N(C=O)C1CCNCC1. The number of piperidine rings is 1. The molecule has 0 bridgehead atoms. The van der Waals surface area contributed by atoms with E-state index in [1.54, 1.807) is 30.1 Å². The predicted molar refractivity (Wildman–Crippen MR) is 123 cm³/mol. The van der Waals surface area contributed by atoms with E-state index in [1.807, 2.05) is 4.90 Å². The number of anilines is 2. The van der Waals surface area contributed by atoms with Gasteiger partial charge in [0.05, 0.1) is 11.4 Å². The number of hydrogen-bond donors (Lipinski definition) is 1. The van der Waals surface area contributed by atoms with Crippen LogP contribution in [0.2, 0.25) is 5.02 Å². The Kier molecular flexibility index (Phi) is 7.38. The lowest BCUT2D eigenvalue weighted by molar-refractivity contribution is -0.108. The molecule has 1 aliphatic heterocycles. The van der Waals surface area contributed by atoms with Crippen LogP contribution in [-0.2, 0) is 11.3 Å². The summed E-state index contributed by atoms with van der Waals surface area (Å²) in [5, 5.41) is 10.6. The van der Waals surface area contributed by atoms with E-state index in [9.17, 15) is 18.0 Å². The van der Waals surface area contributed by atoms with E-state index in [0.29, 0.717) is 16.3 Å². The molecule has 2 heterocycles. The van der Waals surface area contributed by atoms with Crippen LogP contribution in [0, 0.1) is 5.82 Å². The van der Waals surface area contributed by atoms with Crippen molar-refractivity contribution in [2.75, 3.05) is 29.9 Å². The van der Waals surface area contributed by atoms with Crippen molar-refractivity contribution in [3.8, 4) is 11.5 Å². The Morgan fingerprint density at radius 2 is 1.94 bits per heavy atom. The fourth-order valence-electron chi connectivity index (χ4n) is 4.04. The fourth-order valence-corrected chi connectivity index (χ4v) is 4.21. The number of aromatic nitrogens is 2. The average Bonchev–Trinajstić information content (AvgIpc) is 3.32. The van der Waals surface area contributed by atoms with Crippen LogP contribution in [0.5, 0.6) is 0 Å². The predicted octanol–water partition coefficient (Wildman–Crippen LogP) is 4.82. The lowest BCUT2D eigenvalue weighted by Crippen LogP contribution is -2.43. The maximum absolute atomic E-state index is 14.9. The Morgan fingerprint density at radius 1 is 1.18 bits per heavy atom. The van der Waals surface area contributed by atoms with Crippen LogP contribution in [0.25, 0.3) is 11.5 Å². The van der Waals surface area contributed by atoms with Crippen molar-refractivity contribution in [1.29, 1.82) is 0 Å². The molecule has 1 fully saturated rings. The third-order valence-electron chi connectivity index (χ3n) is 5.78. The summed E-state index contributed by atoms with van der Waals surface area (Å²) in [4.78, 5) is 15.5. The van der Waals surface area contributed by atoms with Crippen molar-refractivity contribution >= 4 is 29.4 Å². The molecule has 0 aliphatic carbocycles. The molecule has 2 aromatic carbocycles. The van der Waals surface area contributed by atoms with Gasteiger partial charge in [-0.25, -0.2) is 4.39 Å². The van der Waals surface area contributed by atoms with Gasteiger partial charge >= 0.3 is 6.43 Å². The summed E-state index contributed by atoms with van der Waals surface area (Å²) in [6.07, 6.45) is -0.462. The molecule has 1 saturated heterocycles. The molecule has 4 rings (SSSR count). The first-order valence-electron chi connectivity index (χ1n) is 10.7. The highest BCUT2D eigenvalue weighted by molar-refractivity contribution is 6.31. The van der Waals surface area contributed by atoms with E-state index in [-0.39, 0.29) is 24.0 Å². The molecule has 11 heteroatoms. The Bertz CT molecular complexity index is 1150. The summed E-state index contributed by atoms with van der Waals surface area (Å²) in [5.74, 6) is -1.55. The number of nitrogens with zero attached hydrogens (tertiary/aromatic N) is 4. The number of rotatable bonds is 8. The van der Waals surface area contributed by atoms with Gasteiger partial charge in [0.2, 0.25) is 12.3 Å². The van der Waals surface area contributed by atoms with Gasteiger partial charge in [0.15, 0.2) is 0 Å². The van der Waals surface area contributed by atoms with Crippen LogP contribution in [0.4, 0.5) is 24.5 Å². The smallest absolute Gasteiger partial charge is 0.314 e. The Hall–Kier alpha value is -3.11. The summed E-state index contributed by atoms with van der Waals surface area (Å²) in [5.41, 5.74) is 1.94. The van der Waals surface area contributed by atoms with Gasteiger partial charge in [-0.05, 0) is 56.3 Å². The molecule has 34 heavy (non-hydrogen) atoms. The van der Waals surface area contributed by atoms with E-state index in [4.69, 9.17) is 16.0 Å². The fraction of sp³-hybridized carbons (Fsp3) is 0.348. The maximum Gasteiger partial charge on any atom is 0.314 e. The number of hydrogen-bond acceptors (Lipinski definition) is 6. The first-order chi connectivity index (χ1) is 16.4. The monoisotopic (exact) mass is 493 g/mol. The molecule has 1 N–H and O–H groups in total. The molecule has 0 atom stereocenters. The van der Waals surface area contributed by atoms with Crippen LogP contribution in [0.3, 0.4) is 0 Å². The van der Waals surface area contributed by atoms with Crippen LogP contribution < -0.4 is 15.1 Å². The minimum atomic E-state index is -2.90. The number of carbonyl (C=O) groups excluding carboxylic acids is 1. The lowest BCUT2D eigenvalue weighted by Gasteiger charge is -2.34. The highest BCUT2D eigenvalue weighted by Crippen LogP contribution is 2.35. The molecule has 1 amide bonds. The van der Waals surface area contributed by atoms with E-state index in [1.165, 1.54) is 18.2 Å². The first kappa shape index (κ1) is 24.0. The van der Waals surface area contributed by atoms with Gasteiger partial charge in [0.25, 0.3) is 5.89 Å². The number of alkyl halides is 2. The van der Waals surface area contributed by atoms with Gasteiger partial charge in [0.1, 0.15) is 5.82 Å². The minimum Gasteiger partial charge on any atom is -0.415 e. The second-order valence-electron chi connectivity index (χ2n) is 8.04. The van der Waals surface area contributed by atoms with E-state index in [2.05, 4.69) is 15.5 Å². The molecule has 0 saturated carbocycles. The second kappa shape index (κ2) is 10.4. The van der Waals surface area contributed by atoms with Crippen molar-refractivity contribution in [2.24, 2.45) is 0 Å². The quantitative estimate of drug-likeness (QED) is 0.454. The lowest BCUT2D eigenvalue weighted by atomic mass is 10.0. The van der Waals surface area contributed by atoms with Gasteiger partial charge in [-0.1, -0.05) is 17.7 Å². The summed E-state index contributed by atoms with van der Waals surface area (Å²) in [6.45, 7) is 1.82. The maximum atomic E-state index is 14.9. The van der Waals surface area contributed by atoms with Crippen molar-refractivity contribution in [3.05, 3.63) is 58.7 Å². The number of carbonyl (C=O) groups is 1. The largest absolute Gasteiger partial charge is 0.415 e. The number of amides is 1. The molecule has 180 valence electrons. The first-order valence-corrected chi connectivity index (χ1v) is 11.1. The summed E-state index contributed by atoms with van der Waals surface area (Å²) in [6, 6.07) is 9.52. The molecule has 7 nitrogen and oxygen atoms in total. The van der Waals surface area contributed by atoms with Crippen molar-refractivity contribution in [2.45, 2.75) is 31.9 Å². The number of halogens is 4. The van der Waals surface area contributed by atoms with Gasteiger partial charge < -0.3 is 19.5 Å². The van der Waals surface area contributed by atoms with Crippen LogP contribution in [0.1, 0.15) is 30.7 Å². The molecule has 0 spiro atoms. The third kappa shape index (κ3) is 5.18. The van der Waals surface area contributed by atoms with Gasteiger partial charge in [-0.3, -0.25) is 4.79 Å². The molecule has 1 aromatic heterocycles. The van der Waals surface area contributed by atoms with E-state index in [0.717, 1.165) is 38.0 Å². The average molecular weight is 494 g/mol. The van der Waals surface area contributed by atoms with Crippen LogP contribution in [-0.4, -0.2) is 42.8 Å². The summed E-state index contributed by atoms with van der Waals surface area (Å²) < 4.78 is 45.2. The zero-order valence-electron chi connectivity index (χ0n) is 18.3. The summed E-state index contributed by atoms with van der Waals surface area (Å²) in [7, 11) is 1.79. The highest BCUT2D eigenvalue weighted by atomic mass is 35.5. The van der Waals surface area contributed by atoms with Crippen LogP contribution in [0.15, 0.2) is 40.8 Å². The molecule has 0 radical (unpaired) electrons. The van der Waals surface area contributed by atoms with Crippen LogP contribution >= 0.6 is 11.6 Å². The highest BCUT2D eigenvalue weighted by Gasteiger charge is 2.25. The Morgan fingerprint density at radius 3 is 2.59 bits per heavy atom. The normalized spacial score (nSPS) is 14.4. The van der Waals surface area contributed by atoms with Gasteiger partial charge in [-0.2, -0.15) is 8.78 Å². The molecular weight excluding hydrogens is 471 g/mol. The standard InChI is InChI=1S/C23H23ClF3N5O2/c1-31(12-15-3-2-14(10-18(15)25)22-29-30-23(34-22)21(26)27)19-5-4-16(24)11-20(19)32(13-33)17-6-8-28-9-7-17/h2-5,10-11,13,17,21,28H,6-9,12H2,1H3. The van der Waals surface area contributed by atoms with Crippen molar-refractivity contribution < 1.29 is 22.4 Å². The molecule has 3 aromatic rings. The third-order valence-corrected chi connectivity index (χ3v) is 6.01. The molecule has 0 unspecified atom stereocenters. The minimum absolute atomic E-state index is 0.0351. The molecule has 1 aliphatic rings. The zero-order chi connectivity index (χ0) is 24.2. The molecular formula is C23H23ClF3N5O2. The summed E-state index contributed by atoms with van der Waals surface area (Å²) >= 11 is 6.24. The van der Waals surface area contributed by atoms with Gasteiger partial charge in [0, 0.05) is 35.8 Å². The van der Waals surface area contributed by atoms with Gasteiger partial charge in [-0.15, -0.1) is 10.2 Å². The van der Waals surface area contributed by atoms with E-state index >= 15 is 0 Å². The Balaban J connectivity index is 1.57. The number of nitrogens with one attached hydrogen (secondary N) is 1.